The summed E-state index contributed by atoms with van der Waals surface area (Å²) in [4.78, 5) is 4.74. The number of fused-ring (bicyclic) bond motifs is 1. The van der Waals surface area contributed by atoms with Crippen molar-refractivity contribution in [2.24, 2.45) is 0 Å². The summed E-state index contributed by atoms with van der Waals surface area (Å²) in [5.41, 5.74) is 4.13. The lowest BCUT2D eigenvalue weighted by Gasteiger charge is -2.12. The van der Waals surface area contributed by atoms with E-state index in [1.807, 2.05) is 36.4 Å². The van der Waals surface area contributed by atoms with Crippen molar-refractivity contribution in [3.05, 3.63) is 84.6 Å². The molecular weight excluding hydrogens is 270 g/mol. The second-order valence-electron chi connectivity index (χ2n) is 5.46. The maximum Gasteiger partial charge on any atom is 0.117 e. The number of aromatic nitrogens is 1. The predicted octanol–water partition coefficient (Wildman–Crippen LogP) is 4.82. The number of rotatable bonds is 2. The minimum absolute atomic E-state index is 0.203. The number of phenols is 1. The monoisotopic (exact) mass is 285 g/mol. The summed E-state index contributed by atoms with van der Waals surface area (Å²) < 4.78 is 0. The van der Waals surface area contributed by atoms with E-state index in [4.69, 9.17) is 4.98 Å². The number of hydrogen-bond donors (Lipinski definition) is 1. The van der Waals surface area contributed by atoms with Gasteiger partial charge in [0.1, 0.15) is 5.75 Å². The molecule has 3 aromatic rings. The van der Waals surface area contributed by atoms with Crippen LogP contribution in [0.15, 0.2) is 78.9 Å². The van der Waals surface area contributed by atoms with Crippen molar-refractivity contribution in [2.45, 2.75) is 5.92 Å². The summed E-state index contributed by atoms with van der Waals surface area (Å²) in [5.74, 6) is 0.447. The number of aromatic hydroxyl groups is 1. The first kappa shape index (κ1) is 12.8. The van der Waals surface area contributed by atoms with Crippen LogP contribution in [0.2, 0.25) is 0 Å². The van der Waals surface area contributed by atoms with Crippen molar-refractivity contribution < 1.29 is 5.11 Å². The molecule has 1 aliphatic carbocycles. The Hall–Kier alpha value is -2.87. The molecule has 0 spiro atoms. The summed E-state index contributed by atoms with van der Waals surface area (Å²) in [6, 6.07) is 17.8. The summed E-state index contributed by atoms with van der Waals surface area (Å²) in [6.07, 6.45) is 8.35. The first-order valence-electron chi connectivity index (χ1n) is 7.35. The van der Waals surface area contributed by atoms with Gasteiger partial charge in [0.15, 0.2) is 0 Å². The van der Waals surface area contributed by atoms with Crippen LogP contribution in [-0.4, -0.2) is 10.1 Å². The molecule has 0 radical (unpaired) electrons. The molecule has 0 saturated heterocycles. The van der Waals surface area contributed by atoms with E-state index in [-0.39, 0.29) is 11.7 Å². The van der Waals surface area contributed by atoms with Gasteiger partial charge in [-0.2, -0.15) is 0 Å². The fourth-order valence-electron chi connectivity index (χ4n) is 2.89. The molecule has 1 aromatic heterocycles. The predicted molar refractivity (Wildman–Crippen MR) is 89.9 cm³/mol. The van der Waals surface area contributed by atoms with E-state index < -0.39 is 0 Å². The highest BCUT2D eigenvalue weighted by molar-refractivity contribution is 5.95. The van der Waals surface area contributed by atoms with Gasteiger partial charge in [-0.25, -0.2) is 0 Å². The Bertz CT molecular complexity index is 882. The topological polar surface area (TPSA) is 33.1 Å². The van der Waals surface area contributed by atoms with Crippen molar-refractivity contribution in [1.82, 2.24) is 4.98 Å². The Kier molecular flexibility index (Phi) is 3.01. The van der Waals surface area contributed by atoms with Crippen molar-refractivity contribution in [3.63, 3.8) is 0 Å². The van der Waals surface area contributed by atoms with Gasteiger partial charge >= 0.3 is 0 Å². The number of pyridine rings is 1. The molecule has 0 unspecified atom stereocenters. The zero-order chi connectivity index (χ0) is 14.9. The van der Waals surface area contributed by atoms with Crippen LogP contribution in [0.5, 0.6) is 5.75 Å². The standard InChI is InChI=1S/C20H15NO/c22-16-10-11-17-18(14-6-2-1-3-7-14)13-19(21-20(17)12-16)15-8-4-5-9-15/h1-13,15,22H. The maximum atomic E-state index is 9.78. The minimum Gasteiger partial charge on any atom is -0.508 e. The molecule has 0 fully saturated rings. The third kappa shape index (κ3) is 2.19. The molecule has 1 heterocycles. The minimum atomic E-state index is 0.203. The Morgan fingerprint density at radius 2 is 1.64 bits per heavy atom. The molecule has 2 heteroatoms. The molecule has 0 saturated carbocycles. The van der Waals surface area contributed by atoms with Gasteiger partial charge in [-0.05, 0) is 29.3 Å². The second kappa shape index (κ2) is 5.15. The molecule has 4 rings (SSSR count). The van der Waals surface area contributed by atoms with Crippen LogP contribution in [0.25, 0.3) is 22.0 Å². The molecule has 0 aliphatic heterocycles. The first-order valence-corrected chi connectivity index (χ1v) is 7.35. The Balaban J connectivity index is 2.00. The maximum absolute atomic E-state index is 9.78. The van der Waals surface area contributed by atoms with E-state index >= 15 is 0 Å². The van der Waals surface area contributed by atoms with E-state index in [2.05, 4.69) is 30.4 Å². The number of phenolic OH excluding ortho intramolecular Hbond substituents is 1. The number of allylic oxidation sites excluding steroid dienone is 4. The molecule has 0 amide bonds. The van der Waals surface area contributed by atoms with Crippen LogP contribution in [-0.2, 0) is 0 Å². The number of hydrogen-bond acceptors (Lipinski definition) is 2. The Morgan fingerprint density at radius 3 is 2.41 bits per heavy atom. The van der Waals surface area contributed by atoms with Gasteiger partial charge in [0.25, 0.3) is 0 Å². The first-order chi connectivity index (χ1) is 10.8. The van der Waals surface area contributed by atoms with Crippen LogP contribution in [0.1, 0.15) is 11.6 Å². The molecule has 2 nitrogen and oxygen atoms in total. The summed E-state index contributed by atoms with van der Waals surface area (Å²) >= 11 is 0. The van der Waals surface area contributed by atoms with Crippen LogP contribution < -0.4 is 0 Å². The largest absolute Gasteiger partial charge is 0.508 e. The Morgan fingerprint density at radius 1 is 0.864 bits per heavy atom. The van der Waals surface area contributed by atoms with Gasteiger partial charge in [0.05, 0.1) is 11.2 Å². The molecule has 1 N–H and O–H groups in total. The molecular formula is C20H15NO. The van der Waals surface area contributed by atoms with E-state index in [0.29, 0.717) is 0 Å². The highest BCUT2D eigenvalue weighted by Gasteiger charge is 2.14. The number of benzene rings is 2. The van der Waals surface area contributed by atoms with Crippen LogP contribution in [0, 0.1) is 0 Å². The van der Waals surface area contributed by atoms with Gasteiger partial charge in [0.2, 0.25) is 0 Å². The van der Waals surface area contributed by atoms with Gasteiger partial charge < -0.3 is 5.11 Å². The van der Waals surface area contributed by atoms with Crippen molar-refractivity contribution >= 4 is 10.9 Å². The van der Waals surface area contributed by atoms with Crippen LogP contribution in [0.4, 0.5) is 0 Å². The Labute approximate surface area is 129 Å². The molecule has 22 heavy (non-hydrogen) atoms. The molecule has 0 atom stereocenters. The highest BCUT2D eigenvalue weighted by Crippen LogP contribution is 2.33. The lowest BCUT2D eigenvalue weighted by molar-refractivity contribution is 0.476. The molecule has 1 aliphatic rings. The van der Waals surface area contributed by atoms with Gasteiger partial charge in [-0.1, -0.05) is 54.6 Å². The molecule has 0 bridgehead atoms. The van der Waals surface area contributed by atoms with E-state index in [1.165, 1.54) is 0 Å². The summed E-state index contributed by atoms with van der Waals surface area (Å²) in [5, 5.41) is 10.8. The zero-order valence-corrected chi connectivity index (χ0v) is 12.0. The van der Waals surface area contributed by atoms with E-state index in [0.717, 1.165) is 27.7 Å². The zero-order valence-electron chi connectivity index (χ0n) is 12.0. The third-order valence-electron chi connectivity index (χ3n) is 3.99. The van der Waals surface area contributed by atoms with Gasteiger partial charge in [0, 0.05) is 17.4 Å². The average Bonchev–Trinajstić information content (AvgIpc) is 3.09. The molecule has 106 valence electrons. The lowest BCUT2D eigenvalue weighted by atomic mass is 9.96. The average molecular weight is 285 g/mol. The quantitative estimate of drug-likeness (QED) is 0.732. The second-order valence-corrected chi connectivity index (χ2v) is 5.46. The van der Waals surface area contributed by atoms with Crippen molar-refractivity contribution in [1.29, 1.82) is 0 Å². The fraction of sp³-hybridized carbons (Fsp3) is 0.0500. The van der Waals surface area contributed by atoms with Gasteiger partial charge in [-0.3, -0.25) is 4.98 Å². The summed E-state index contributed by atoms with van der Waals surface area (Å²) in [7, 11) is 0. The van der Waals surface area contributed by atoms with Crippen molar-refractivity contribution in [3.8, 4) is 16.9 Å². The van der Waals surface area contributed by atoms with Crippen LogP contribution >= 0.6 is 0 Å². The third-order valence-corrected chi connectivity index (χ3v) is 3.99. The molecule has 2 aromatic carbocycles. The fourth-order valence-corrected chi connectivity index (χ4v) is 2.89. The number of nitrogens with zero attached hydrogens (tertiary/aromatic N) is 1. The SMILES string of the molecule is Oc1ccc2c(-c3ccccc3)cc(C3C=CC=C3)nc2c1. The van der Waals surface area contributed by atoms with Crippen molar-refractivity contribution in [2.75, 3.05) is 0 Å². The highest BCUT2D eigenvalue weighted by atomic mass is 16.3. The van der Waals surface area contributed by atoms with E-state index in [9.17, 15) is 5.11 Å². The summed E-state index contributed by atoms with van der Waals surface area (Å²) in [6.45, 7) is 0. The normalized spacial score (nSPS) is 14.0. The van der Waals surface area contributed by atoms with E-state index in [1.54, 1.807) is 12.1 Å². The lowest BCUT2D eigenvalue weighted by Crippen LogP contribution is -1.96. The van der Waals surface area contributed by atoms with Crippen LogP contribution in [0.3, 0.4) is 0 Å². The smallest absolute Gasteiger partial charge is 0.117 e. The van der Waals surface area contributed by atoms with Gasteiger partial charge in [-0.15, -0.1) is 0 Å².